The van der Waals surface area contributed by atoms with Crippen molar-refractivity contribution in [2.24, 2.45) is 0 Å². The third kappa shape index (κ3) is 5.05. The van der Waals surface area contributed by atoms with Crippen LogP contribution in [-0.2, 0) is 23.9 Å². The molecule has 9 nitrogen and oxygen atoms in total. The fourth-order valence-corrected chi connectivity index (χ4v) is 3.28. The van der Waals surface area contributed by atoms with Crippen molar-refractivity contribution in [2.45, 2.75) is 19.9 Å². The predicted octanol–water partition coefficient (Wildman–Crippen LogP) is 1.95. The van der Waals surface area contributed by atoms with Gasteiger partial charge in [0, 0.05) is 5.69 Å². The number of halogens is 1. The van der Waals surface area contributed by atoms with Gasteiger partial charge in [0.25, 0.3) is 17.7 Å². The number of carbonyl (C=O) groups excluding carboxylic acids is 5. The minimum atomic E-state index is -1.28. The van der Waals surface area contributed by atoms with Crippen LogP contribution in [0.25, 0.3) is 0 Å². The summed E-state index contributed by atoms with van der Waals surface area (Å²) in [6, 6.07) is 9.67. The second-order valence-electron chi connectivity index (χ2n) is 7.07. The standard InChI is InChI=1S/C23H21FN2O7/c1-3-32-20(28)12-25(16-10-8-15(24)9-11-16)19(27)13-33-23(31)14(2)26-21(29)17-6-4-5-7-18(17)22(26)30/h4-11,14H,3,12-13H2,1-2H3. The Bertz CT molecular complexity index is 1070. The van der Waals surface area contributed by atoms with Crippen molar-refractivity contribution in [3.05, 3.63) is 65.5 Å². The van der Waals surface area contributed by atoms with Crippen LogP contribution < -0.4 is 4.90 Å². The van der Waals surface area contributed by atoms with Crippen LogP contribution in [0.3, 0.4) is 0 Å². The first kappa shape index (κ1) is 23.6. The number of ether oxygens (including phenoxy) is 2. The highest BCUT2D eigenvalue weighted by atomic mass is 19.1. The smallest absolute Gasteiger partial charge is 0.329 e. The zero-order valence-electron chi connectivity index (χ0n) is 17.9. The maximum Gasteiger partial charge on any atom is 0.329 e. The van der Waals surface area contributed by atoms with E-state index in [9.17, 15) is 28.4 Å². The van der Waals surface area contributed by atoms with E-state index in [1.807, 2.05) is 0 Å². The maximum absolute atomic E-state index is 13.3. The Labute approximate surface area is 188 Å². The van der Waals surface area contributed by atoms with Crippen LogP contribution in [0, 0.1) is 5.82 Å². The zero-order chi connectivity index (χ0) is 24.1. The molecule has 3 rings (SSSR count). The lowest BCUT2D eigenvalue weighted by Gasteiger charge is -2.23. The van der Waals surface area contributed by atoms with E-state index >= 15 is 0 Å². The van der Waals surface area contributed by atoms with Gasteiger partial charge < -0.3 is 9.47 Å². The first-order chi connectivity index (χ1) is 15.7. The minimum absolute atomic E-state index is 0.0943. The topological polar surface area (TPSA) is 110 Å². The van der Waals surface area contributed by atoms with E-state index in [0.29, 0.717) is 0 Å². The van der Waals surface area contributed by atoms with E-state index in [0.717, 1.165) is 21.9 Å². The summed E-state index contributed by atoms with van der Waals surface area (Å²) in [5.74, 6) is -4.28. The molecule has 1 aliphatic rings. The number of amides is 3. The summed E-state index contributed by atoms with van der Waals surface area (Å²) in [6.07, 6.45) is 0. The molecule has 0 bridgehead atoms. The molecule has 0 saturated heterocycles. The Morgan fingerprint density at radius 1 is 0.970 bits per heavy atom. The Kier molecular flexibility index (Phi) is 7.17. The summed E-state index contributed by atoms with van der Waals surface area (Å²) in [5, 5.41) is 0. The van der Waals surface area contributed by atoms with E-state index in [-0.39, 0.29) is 23.4 Å². The van der Waals surface area contributed by atoms with Crippen molar-refractivity contribution in [2.75, 3.05) is 24.7 Å². The normalized spacial score (nSPS) is 13.4. The van der Waals surface area contributed by atoms with Crippen LogP contribution in [0.1, 0.15) is 34.6 Å². The van der Waals surface area contributed by atoms with E-state index in [1.165, 1.54) is 31.2 Å². The fraction of sp³-hybridized carbons (Fsp3) is 0.261. The van der Waals surface area contributed by atoms with Gasteiger partial charge in [0.15, 0.2) is 6.61 Å². The highest BCUT2D eigenvalue weighted by molar-refractivity contribution is 6.22. The highest BCUT2D eigenvalue weighted by Crippen LogP contribution is 2.25. The zero-order valence-corrected chi connectivity index (χ0v) is 17.9. The van der Waals surface area contributed by atoms with Crippen molar-refractivity contribution in [3.8, 4) is 0 Å². The number of benzene rings is 2. The third-order valence-electron chi connectivity index (χ3n) is 4.92. The lowest BCUT2D eigenvalue weighted by molar-refractivity contribution is -0.151. The molecule has 1 heterocycles. The quantitative estimate of drug-likeness (QED) is 0.441. The second kappa shape index (κ2) is 10.0. The Hall–Kier alpha value is -4.08. The molecule has 0 saturated carbocycles. The summed E-state index contributed by atoms with van der Waals surface area (Å²) in [6.45, 7) is 1.75. The largest absolute Gasteiger partial charge is 0.465 e. The van der Waals surface area contributed by atoms with Crippen LogP contribution in [0.5, 0.6) is 0 Å². The summed E-state index contributed by atoms with van der Waals surface area (Å²) in [4.78, 5) is 64.0. The lowest BCUT2D eigenvalue weighted by atomic mass is 10.1. The number of rotatable bonds is 8. The van der Waals surface area contributed by atoms with Crippen LogP contribution in [0.2, 0.25) is 0 Å². The van der Waals surface area contributed by atoms with Gasteiger partial charge in [-0.1, -0.05) is 12.1 Å². The Morgan fingerprint density at radius 3 is 2.09 bits per heavy atom. The number of anilines is 1. The molecule has 3 amide bonds. The van der Waals surface area contributed by atoms with Gasteiger partial charge in [-0.3, -0.25) is 29.0 Å². The first-order valence-electron chi connectivity index (χ1n) is 10.1. The molecule has 0 fully saturated rings. The van der Waals surface area contributed by atoms with E-state index in [4.69, 9.17) is 9.47 Å². The number of hydrogen-bond donors (Lipinski definition) is 0. The maximum atomic E-state index is 13.3. The average Bonchev–Trinajstić information content (AvgIpc) is 3.06. The Morgan fingerprint density at radius 2 is 1.55 bits per heavy atom. The van der Waals surface area contributed by atoms with Gasteiger partial charge >= 0.3 is 11.9 Å². The van der Waals surface area contributed by atoms with E-state index in [2.05, 4.69) is 0 Å². The molecule has 0 spiro atoms. The second-order valence-corrected chi connectivity index (χ2v) is 7.07. The van der Waals surface area contributed by atoms with Gasteiger partial charge in [-0.2, -0.15) is 0 Å². The molecule has 0 aromatic heterocycles. The lowest BCUT2D eigenvalue weighted by Crippen LogP contribution is -2.45. The van der Waals surface area contributed by atoms with Gasteiger partial charge in [-0.15, -0.1) is 0 Å². The van der Waals surface area contributed by atoms with Gasteiger partial charge in [0.1, 0.15) is 18.4 Å². The molecule has 0 radical (unpaired) electrons. The molecule has 1 atom stereocenters. The molecule has 2 aromatic carbocycles. The van der Waals surface area contributed by atoms with Crippen molar-refractivity contribution in [1.82, 2.24) is 4.90 Å². The SMILES string of the molecule is CCOC(=O)CN(C(=O)COC(=O)C(C)N1C(=O)c2ccccc2C1=O)c1ccc(F)cc1. The van der Waals surface area contributed by atoms with Gasteiger partial charge in [0.05, 0.1) is 17.7 Å². The molecular formula is C23H21FN2O7. The van der Waals surface area contributed by atoms with Crippen molar-refractivity contribution in [3.63, 3.8) is 0 Å². The number of imide groups is 1. The fourth-order valence-electron chi connectivity index (χ4n) is 3.28. The minimum Gasteiger partial charge on any atom is -0.465 e. The monoisotopic (exact) mass is 456 g/mol. The molecule has 0 aliphatic carbocycles. The number of esters is 2. The van der Waals surface area contributed by atoms with Crippen molar-refractivity contribution >= 4 is 35.3 Å². The van der Waals surface area contributed by atoms with Crippen molar-refractivity contribution in [1.29, 1.82) is 0 Å². The summed E-state index contributed by atoms with van der Waals surface area (Å²) >= 11 is 0. The van der Waals surface area contributed by atoms with Crippen LogP contribution >= 0.6 is 0 Å². The van der Waals surface area contributed by atoms with Crippen LogP contribution in [-0.4, -0.2) is 60.4 Å². The number of hydrogen-bond acceptors (Lipinski definition) is 7. The highest BCUT2D eigenvalue weighted by Gasteiger charge is 2.41. The molecule has 172 valence electrons. The van der Waals surface area contributed by atoms with Gasteiger partial charge in [-0.05, 0) is 50.2 Å². The number of fused-ring (bicyclic) bond motifs is 1. The third-order valence-corrected chi connectivity index (χ3v) is 4.92. The molecule has 0 N–H and O–H groups in total. The summed E-state index contributed by atoms with van der Waals surface area (Å²) in [7, 11) is 0. The van der Waals surface area contributed by atoms with Gasteiger partial charge in [0.2, 0.25) is 0 Å². The summed E-state index contributed by atoms with van der Waals surface area (Å²) < 4.78 is 23.2. The predicted molar refractivity (Wildman–Crippen MR) is 113 cm³/mol. The van der Waals surface area contributed by atoms with Gasteiger partial charge in [-0.25, -0.2) is 9.18 Å². The molecule has 2 aromatic rings. The molecule has 1 aliphatic heterocycles. The number of carbonyl (C=O) groups is 5. The first-order valence-corrected chi connectivity index (χ1v) is 10.1. The molecular weight excluding hydrogens is 435 g/mol. The summed E-state index contributed by atoms with van der Waals surface area (Å²) in [5.41, 5.74) is 0.546. The molecule has 33 heavy (non-hydrogen) atoms. The average molecular weight is 456 g/mol. The molecule has 10 heteroatoms. The number of nitrogens with zero attached hydrogens (tertiary/aromatic N) is 2. The van der Waals surface area contributed by atoms with Crippen LogP contribution in [0.4, 0.5) is 10.1 Å². The molecule has 1 unspecified atom stereocenters. The van der Waals surface area contributed by atoms with E-state index < -0.39 is 54.7 Å². The van der Waals surface area contributed by atoms with Crippen molar-refractivity contribution < 1.29 is 37.8 Å². The van der Waals surface area contributed by atoms with Crippen LogP contribution in [0.15, 0.2) is 48.5 Å². The Balaban J connectivity index is 1.68. The van der Waals surface area contributed by atoms with E-state index in [1.54, 1.807) is 19.1 Å².